The molecule has 0 aromatic carbocycles. The first kappa shape index (κ1) is 9.94. The molecule has 0 aromatic heterocycles. The maximum atomic E-state index is 10.6. The van der Waals surface area contributed by atoms with Crippen molar-refractivity contribution < 1.29 is 9.53 Å². The molecule has 0 unspecified atom stereocenters. The van der Waals surface area contributed by atoms with E-state index in [2.05, 4.69) is 10.1 Å². The number of ether oxygens (including phenoxy) is 1. The number of hydrogen-bond donors (Lipinski definition) is 2. The van der Waals surface area contributed by atoms with Gasteiger partial charge in [-0.2, -0.15) is 0 Å². The number of amides is 1. The average Bonchev–Trinajstić information content (AvgIpc) is 2.01. The molecule has 0 saturated carbocycles. The number of rotatable bonds is 4. The number of hydrogen-bond acceptors (Lipinski definition) is 3. The van der Waals surface area contributed by atoms with E-state index >= 15 is 0 Å². The number of carbonyl (C=O) groups is 1. The fourth-order valence-electron chi connectivity index (χ4n) is 0.486. The van der Waals surface area contributed by atoms with Crippen LogP contribution in [0.15, 0.2) is 0 Å². The zero-order valence-corrected chi connectivity index (χ0v) is 6.94. The Labute approximate surface area is 66.4 Å². The molecule has 1 amide bonds. The first-order chi connectivity index (χ1) is 5.20. The van der Waals surface area contributed by atoms with Crippen LogP contribution in [0.25, 0.3) is 0 Å². The van der Waals surface area contributed by atoms with Gasteiger partial charge < -0.3 is 15.5 Å². The first-order valence-corrected chi connectivity index (χ1v) is 3.67. The standard InChI is InChI=1S/C7H14N2O2/c1-3-6(8)5-9-7(10)11-4-2/h8H,3-5H2,1-2H3,(H,9,10). The van der Waals surface area contributed by atoms with Gasteiger partial charge in [-0.05, 0) is 13.3 Å². The van der Waals surface area contributed by atoms with Crippen molar-refractivity contribution in [2.24, 2.45) is 0 Å². The minimum Gasteiger partial charge on any atom is -0.450 e. The third-order valence-electron chi connectivity index (χ3n) is 1.15. The first-order valence-electron chi connectivity index (χ1n) is 3.67. The van der Waals surface area contributed by atoms with Crippen molar-refractivity contribution in [3.63, 3.8) is 0 Å². The quantitative estimate of drug-likeness (QED) is 0.603. The van der Waals surface area contributed by atoms with Gasteiger partial charge in [-0.15, -0.1) is 0 Å². The molecular weight excluding hydrogens is 144 g/mol. The molecule has 0 saturated heterocycles. The molecule has 0 aliphatic heterocycles. The van der Waals surface area contributed by atoms with Gasteiger partial charge in [0.1, 0.15) is 0 Å². The molecule has 0 aliphatic carbocycles. The largest absolute Gasteiger partial charge is 0.450 e. The van der Waals surface area contributed by atoms with Gasteiger partial charge in [0.2, 0.25) is 0 Å². The molecule has 0 bridgehead atoms. The number of carbonyl (C=O) groups excluding carboxylic acids is 1. The summed E-state index contributed by atoms with van der Waals surface area (Å²) in [6.07, 6.45) is 0.206. The van der Waals surface area contributed by atoms with E-state index in [9.17, 15) is 4.79 Å². The van der Waals surface area contributed by atoms with E-state index in [-0.39, 0.29) is 6.54 Å². The van der Waals surface area contributed by atoms with E-state index in [1.54, 1.807) is 6.92 Å². The molecule has 4 nitrogen and oxygen atoms in total. The summed E-state index contributed by atoms with van der Waals surface area (Å²) in [6.45, 7) is 4.26. The molecule has 0 spiro atoms. The molecule has 0 aliphatic rings. The van der Waals surface area contributed by atoms with Crippen molar-refractivity contribution in [1.29, 1.82) is 5.41 Å². The second-order valence-corrected chi connectivity index (χ2v) is 2.03. The lowest BCUT2D eigenvalue weighted by atomic mass is 10.3. The lowest BCUT2D eigenvalue weighted by Gasteiger charge is -2.03. The summed E-state index contributed by atoms with van der Waals surface area (Å²) >= 11 is 0. The Hall–Kier alpha value is -1.06. The summed E-state index contributed by atoms with van der Waals surface area (Å²) in [4.78, 5) is 10.6. The molecule has 0 heterocycles. The van der Waals surface area contributed by atoms with Gasteiger partial charge in [0.15, 0.2) is 0 Å². The van der Waals surface area contributed by atoms with Gasteiger partial charge in [0.25, 0.3) is 0 Å². The lowest BCUT2D eigenvalue weighted by molar-refractivity contribution is 0.153. The van der Waals surface area contributed by atoms with Gasteiger partial charge in [-0.25, -0.2) is 4.79 Å². The van der Waals surface area contributed by atoms with Gasteiger partial charge >= 0.3 is 6.09 Å². The van der Waals surface area contributed by atoms with Crippen molar-refractivity contribution in [2.45, 2.75) is 20.3 Å². The van der Waals surface area contributed by atoms with Crippen LogP contribution in [0.5, 0.6) is 0 Å². The summed E-state index contributed by atoms with van der Waals surface area (Å²) in [5, 5.41) is 9.64. The minimum atomic E-state index is -0.453. The van der Waals surface area contributed by atoms with E-state index in [0.29, 0.717) is 18.7 Å². The van der Waals surface area contributed by atoms with E-state index in [1.807, 2.05) is 6.92 Å². The minimum absolute atomic E-state index is 0.287. The lowest BCUT2D eigenvalue weighted by Crippen LogP contribution is -2.29. The topological polar surface area (TPSA) is 62.2 Å². The van der Waals surface area contributed by atoms with Crippen LogP contribution in [0, 0.1) is 5.41 Å². The van der Waals surface area contributed by atoms with Gasteiger partial charge in [-0.1, -0.05) is 6.92 Å². The highest BCUT2D eigenvalue weighted by Crippen LogP contribution is 1.80. The highest BCUT2D eigenvalue weighted by Gasteiger charge is 1.99. The Balaban J connectivity index is 3.38. The second kappa shape index (κ2) is 5.70. The fourth-order valence-corrected chi connectivity index (χ4v) is 0.486. The number of alkyl carbamates (subject to hydrolysis) is 1. The summed E-state index contributed by atoms with van der Waals surface area (Å²) in [5.41, 5.74) is 0.498. The molecule has 0 fully saturated rings. The van der Waals surface area contributed by atoms with E-state index in [4.69, 9.17) is 5.41 Å². The maximum Gasteiger partial charge on any atom is 0.407 e. The number of nitrogens with one attached hydrogen (secondary N) is 2. The molecule has 0 atom stereocenters. The van der Waals surface area contributed by atoms with Crippen LogP contribution < -0.4 is 5.32 Å². The smallest absolute Gasteiger partial charge is 0.407 e. The SMILES string of the molecule is CCOC(=O)NCC(=N)CC. The third kappa shape index (κ3) is 5.39. The van der Waals surface area contributed by atoms with Crippen LogP contribution in [0.2, 0.25) is 0 Å². The highest BCUT2D eigenvalue weighted by atomic mass is 16.5. The van der Waals surface area contributed by atoms with Gasteiger partial charge in [0, 0.05) is 5.71 Å². The Morgan fingerprint density at radius 3 is 2.64 bits per heavy atom. The van der Waals surface area contributed by atoms with E-state index in [0.717, 1.165) is 0 Å². The van der Waals surface area contributed by atoms with Crippen molar-refractivity contribution in [1.82, 2.24) is 5.32 Å². The maximum absolute atomic E-state index is 10.6. The second-order valence-electron chi connectivity index (χ2n) is 2.03. The predicted molar refractivity (Wildman–Crippen MR) is 43.0 cm³/mol. The van der Waals surface area contributed by atoms with Crippen molar-refractivity contribution in [3.8, 4) is 0 Å². The summed E-state index contributed by atoms with van der Waals surface area (Å²) in [7, 11) is 0. The molecule has 0 rings (SSSR count). The molecule has 64 valence electrons. The van der Waals surface area contributed by atoms with Gasteiger partial charge in [0.05, 0.1) is 13.2 Å². The third-order valence-corrected chi connectivity index (χ3v) is 1.15. The Kier molecular flexibility index (Phi) is 5.15. The zero-order chi connectivity index (χ0) is 8.69. The van der Waals surface area contributed by atoms with Gasteiger partial charge in [-0.3, -0.25) is 0 Å². The zero-order valence-electron chi connectivity index (χ0n) is 6.94. The molecule has 0 aromatic rings. The Morgan fingerprint density at radius 2 is 2.18 bits per heavy atom. The molecule has 2 N–H and O–H groups in total. The summed E-state index contributed by atoms with van der Waals surface area (Å²) < 4.78 is 4.59. The monoisotopic (exact) mass is 158 g/mol. The van der Waals surface area contributed by atoms with Crippen LogP contribution in [0.4, 0.5) is 4.79 Å². The fraction of sp³-hybridized carbons (Fsp3) is 0.714. The Bertz CT molecular complexity index is 145. The van der Waals surface area contributed by atoms with Crippen LogP contribution in [-0.4, -0.2) is 25.0 Å². The Morgan fingerprint density at radius 1 is 1.55 bits per heavy atom. The van der Waals surface area contributed by atoms with Crippen LogP contribution in [0.3, 0.4) is 0 Å². The van der Waals surface area contributed by atoms with Crippen LogP contribution in [0.1, 0.15) is 20.3 Å². The van der Waals surface area contributed by atoms with E-state index in [1.165, 1.54) is 0 Å². The van der Waals surface area contributed by atoms with Crippen molar-refractivity contribution in [3.05, 3.63) is 0 Å². The average molecular weight is 158 g/mol. The summed E-state index contributed by atoms with van der Waals surface area (Å²) in [6, 6.07) is 0. The molecular formula is C7H14N2O2. The normalized spacial score (nSPS) is 8.91. The molecule has 0 radical (unpaired) electrons. The molecule has 11 heavy (non-hydrogen) atoms. The van der Waals surface area contributed by atoms with E-state index < -0.39 is 6.09 Å². The predicted octanol–water partition coefficient (Wildman–Crippen LogP) is 1.16. The summed E-state index contributed by atoms with van der Waals surface area (Å²) in [5.74, 6) is 0. The van der Waals surface area contributed by atoms with Crippen molar-refractivity contribution in [2.75, 3.05) is 13.2 Å². The van der Waals surface area contributed by atoms with Crippen LogP contribution >= 0.6 is 0 Å². The van der Waals surface area contributed by atoms with Crippen LogP contribution in [-0.2, 0) is 4.74 Å². The highest BCUT2D eigenvalue weighted by molar-refractivity contribution is 5.85. The molecule has 4 heteroatoms. The van der Waals surface area contributed by atoms with Crippen molar-refractivity contribution >= 4 is 11.8 Å².